The largest absolute Gasteiger partial charge is 0.371 e. The zero-order valence-corrected chi connectivity index (χ0v) is 13.7. The first-order valence-corrected chi connectivity index (χ1v) is 7.40. The zero-order chi connectivity index (χ0) is 13.9. The smallest absolute Gasteiger partial charge is 0.0510 e. The van der Waals surface area contributed by atoms with Gasteiger partial charge in [0, 0.05) is 23.6 Å². The third-order valence-corrected chi connectivity index (χ3v) is 3.99. The maximum absolute atomic E-state index is 5.90. The SMILES string of the molecule is CC(C)CC(C)N(C)c1ccc([C@H](C)N)cc1Br. The number of hydrogen-bond acceptors (Lipinski definition) is 2. The first-order chi connectivity index (χ1) is 8.32. The lowest BCUT2D eigenvalue weighted by molar-refractivity contribution is 0.504. The Labute approximate surface area is 120 Å². The van der Waals surface area contributed by atoms with Crippen LogP contribution in [0.1, 0.15) is 45.7 Å². The number of nitrogens with two attached hydrogens (primary N) is 1. The monoisotopic (exact) mass is 312 g/mol. The normalized spacial score (nSPS) is 14.7. The van der Waals surface area contributed by atoms with Crippen molar-refractivity contribution in [2.75, 3.05) is 11.9 Å². The average Bonchev–Trinajstić information content (AvgIpc) is 2.26. The van der Waals surface area contributed by atoms with E-state index in [1.165, 1.54) is 12.1 Å². The van der Waals surface area contributed by atoms with Gasteiger partial charge in [0.1, 0.15) is 0 Å². The van der Waals surface area contributed by atoms with E-state index in [9.17, 15) is 0 Å². The summed E-state index contributed by atoms with van der Waals surface area (Å²) in [4.78, 5) is 2.33. The number of hydrogen-bond donors (Lipinski definition) is 1. The third-order valence-electron chi connectivity index (χ3n) is 3.35. The maximum atomic E-state index is 5.90. The molecule has 1 unspecified atom stereocenters. The van der Waals surface area contributed by atoms with Crippen molar-refractivity contribution in [3.63, 3.8) is 0 Å². The van der Waals surface area contributed by atoms with E-state index >= 15 is 0 Å². The Bertz CT molecular complexity index is 388. The Morgan fingerprint density at radius 3 is 2.28 bits per heavy atom. The van der Waals surface area contributed by atoms with Gasteiger partial charge < -0.3 is 10.6 Å². The van der Waals surface area contributed by atoms with E-state index in [1.54, 1.807) is 0 Å². The average molecular weight is 313 g/mol. The van der Waals surface area contributed by atoms with Crippen LogP contribution in [0.3, 0.4) is 0 Å². The molecule has 1 aromatic rings. The molecule has 3 heteroatoms. The molecule has 0 aliphatic rings. The van der Waals surface area contributed by atoms with Crippen LogP contribution >= 0.6 is 15.9 Å². The molecule has 102 valence electrons. The lowest BCUT2D eigenvalue weighted by atomic mass is 10.0. The number of halogens is 1. The molecule has 2 N–H and O–H groups in total. The number of benzene rings is 1. The van der Waals surface area contributed by atoms with E-state index in [1.807, 2.05) is 6.92 Å². The summed E-state index contributed by atoms with van der Waals surface area (Å²) in [6.07, 6.45) is 1.19. The van der Waals surface area contributed by atoms with Crippen molar-refractivity contribution >= 4 is 21.6 Å². The van der Waals surface area contributed by atoms with Crippen LogP contribution in [0.25, 0.3) is 0 Å². The molecule has 1 aromatic carbocycles. The van der Waals surface area contributed by atoms with Crippen LogP contribution in [0.4, 0.5) is 5.69 Å². The van der Waals surface area contributed by atoms with Gasteiger partial charge in [-0.1, -0.05) is 19.9 Å². The highest BCUT2D eigenvalue weighted by molar-refractivity contribution is 9.10. The number of anilines is 1. The van der Waals surface area contributed by atoms with Crippen molar-refractivity contribution in [3.8, 4) is 0 Å². The molecule has 0 saturated heterocycles. The third kappa shape index (κ3) is 3.99. The van der Waals surface area contributed by atoms with Gasteiger partial charge in [0.05, 0.1) is 5.69 Å². The van der Waals surface area contributed by atoms with Crippen LogP contribution < -0.4 is 10.6 Å². The van der Waals surface area contributed by atoms with E-state index < -0.39 is 0 Å². The number of rotatable bonds is 5. The van der Waals surface area contributed by atoms with Crippen LogP contribution in [0.5, 0.6) is 0 Å². The first kappa shape index (κ1) is 15.5. The molecule has 0 spiro atoms. The van der Waals surface area contributed by atoms with E-state index in [4.69, 9.17) is 5.73 Å². The fourth-order valence-corrected chi connectivity index (χ4v) is 2.85. The minimum absolute atomic E-state index is 0.0775. The summed E-state index contributed by atoms with van der Waals surface area (Å²) in [5.41, 5.74) is 8.29. The lowest BCUT2D eigenvalue weighted by Gasteiger charge is -2.29. The predicted octanol–water partition coefficient (Wildman–Crippen LogP) is 4.34. The Morgan fingerprint density at radius 2 is 1.83 bits per heavy atom. The van der Waals surface area contributed by atoms with Crippen LogP contribution in [-0.4, -0.2) is 13.1 Å². The maximum Gasteiger partial charge on any atom is 0.0510 e. The van der Waals surface area contributed by atoms with Crippen LogP contribution in [0.15, 0.2) is 22.7 Å². The molecule has 0 bridgehead atoms. The van der Waals surface area contributed by atoms with Gasteiger partial charge in [0.15, 0.2) is 0 Å². The summed E-state index contributed by atoms with van der Waals surface area (Å²) in [7, 11) is 2.15. The molecule has 0 aromatic heterocycles. The van der Waals surface area contributed by atoms with E-state index in [0.717, 1.165) is 10.0 Å². The summed E-state index contributed by atoms with van der Waals surface area (Å²) < 4.78 is 1.12. The molecule has 18 heavy (non-hydrogen) atoms. The van der Waals surface area contributed by atoms with Gasteiger partial charge >= 0.3 is 0 Å². The molecule has 1 rings (SSSR count). The molecule has 0 heterocycles. The van der Waals surface area contributed by atoms with Gasteiger partial charge in [-0.05, 0) is 59.8 Å². The van der Waals surface area contributed by atoms with Crippen molar-refractivity contribution in [2.24, 2.45) is 11.7 Å². The molecule has 0 amide bonds. The predicted molar refractivity (Wildman–Crippen MR) is 84.1 cm³/mol. The Hall–Kier alpha value is -0.540. The van der Waals surface area contributed by atoms with Gasteiger partial charge in [-0.25, -0.2) is 0 Å². The van der Waals surface area contributed by atoms with Gasteiger partial charge in [-0.2, -0.15) is 0 Å². The fraction of sp³-hybridized carbons (Fsp3) is 0.600. The molecule has 2 atom stereocenters. The van der Waals surface area contributed by atoms with Crippen molar-refractivity contribution in [1.82, 2.24) is 0 Å². The second-order valence-electron chi connectivity index (χ2n) is 5.59. The highest BCUT2D eigenvalue weighted by Crippen LogP contribution is 2.30. The van der Waals surface area contributed by atoms with Crippen molar-refractivity contribution in [1.29, 1.82) is 0 Å². The molecule has 0 aliphatic carbocycles. The summed E-state index contributed by atoms with van der Waals surface area (Å²) in [6.45, 7) is 8.80. The lowest BCUT2D eigenvalue weighted by Crippen LogP contribution is -2.30. The highest BCUT2D eigenvalue weighted by atomic mass is 79.9. The van der Waals surface area contributed by atoms with Gasteiger partial charge in [0.2, 0.25) is 0 Å². The fourth-order valence-electron chi connectivity index (χ4n) is 2.17. The highest BCUT2D eigenvalue weighted by Gasteiger charge is 2.14. The van der Waals surface area contributed by atoms with Gasteiger partial charge in [0.25, 0.3) is 0 Å². The summed E-state index contributed by atoms with van der Waals surface area (Å²) in [5.74, 6) is 0.713. The van der Waals surface area contributed by atoms with Crippen LogP contribution in [-0.2, 0) is 0 Å². The van der Waals surface area contributed by atoms with Gasteiger partial charge in [-0.15, -0.1) is 0 Å². The van der Waals surface area contributed by atoms with Gasteiger partial charge in [-0.3, -0.25) is 0 Å². The summed E-state index contributed by atoms with van der Waals surface area (Å²) in [5, 5.41) is 0. The molecular weight excluding hydrogens is 288 g/mol. The molecule has 2 nitrogen and oxygen atoms in total. The minimum atomic E-state index is 0.0775. The van der Waals surface area contributed by atoms with E-state index in [0.29, 0.717) is 12.0 Å². The first-order valence-electron chi connectivity index (χ1n) is 6.60. The molecular formula is C15H25BrN2. The minimum Gasteiger partial charge on any atom is -0.371 e. The Kier molecular flexibility index (Phi) is 5.67. The Balaban J connectivity index is 2.89. The van der Waals surface area contributed by atoms with Crippen LogP contribution in [0.2, 0.25) is 0 Å². The second kappa shape index (κ2) is 6.58. The zero-order valence-electron chi connectivity index (χ0n) is 12.1. The summed E-state index contributed by atoms with van der Waals surface area (Å²) >= 11 is 3.65. The van der Waals surface area contributed by atoms with E-state index in [2.05, 4.69) is 66.8 Å². The number of nitrogens with zero attached hydrogens (tertiary/aromatic N) is 1. The second-order valence-corrected chi connectivity index (χ2v) is 6.44. The van der Waals surface area contributed by atoms with Crippen molar-refractivity contribution < 1.29 is 0 Å². The van der Waals surface area contributed by atoms with E-state index in [-0.39, 0.29) is 6.04 Å². The molecule has 0 radical (unpaired) electrons. The van der Waals surface area contributed by atoms with Crippen LogP contribution in [0, 0.1) is 5.92 Å². The topological polar surface area (TPSA) is 29.3 Å². The summed E-state index contributed by atoms with van der Waals surface area (Å²) in [6, 6.07) is 7.00. The molecule has 0 fully saturated rings. The molecule has 0 aliphatic heterocycles. The quantitative estimate of drug-likeness (QED) is 0.876. The standard InChI is InChI=1S/C15H25BrN2/c1-10(2)8-11(3)18(5)15-7-6-13(12(4)17)9-14(15)16/h6-7,9-12H,8,17H2,1-5H3/t11?,12-/m0/s1. The Morgan fingerprint density at radius 1 is 1.22 bits per heavy atom. The molecule has 0 saturated carbocycles. The van der Waals surface area contributed by atoms with Crippen molar-refractivity contribution in [3.05, 3.63) is 28.2 Å². The van der Waals surface area contributed by atoms with Crippen molar-refractivity contribution in [2.45, 2.75) is 46.2 Å².